The van der Waals surface area contributed by atoms with Gasteiger partial charge in [-0.05, 0) is 19.4 Å². The van der Waals surface area contributed by atoms with Gasteiger partial charge in [0.1, 0.15) is 0 Å². The fourth-order valence-corrected chi connectivity index (χ4v) is 2.65. The molecule has 0 amide bonds. The van der Waals surface area contributed by atoms with Crippen molar-refractivity contribution in [3.63, 3.8) is 0 Å². The highest BCUT2D eigenvalue weighted by Gasteiger charge is 2.17. The molecule has 1 rings (SSSR count). The van der Waals surface area contributed by atoms with Crippen molar-refractivity contribution in [2.45, 2.75) is 25.9 Å². The normalized spacial score (nSPS) is 17.9. The maximum Gasteiger partial charge on any atom is 0.365 e. The molecule has 0 saturated carbocycles. The molecule has 0 aliphatic carbocycles. The number of piperidine rings is 1. The van der Waals surface area contributed by atoms with Crippen molar-refractivity contribution in [1.29, 1.82) is 0 Å². The van der Waals surface area contributed by atoms with Crippen molar-refractivity contribution in [3.8, 4) is 0 Å². The lowest BCUT2D eigenvalue weighted by Gasteiger charge is -2.30. The van der Waals surface area contributed by atoms with Crippen molar-refractivity contribution in [3.05, 3.63) is 0 Å². The summed E-state index contributed by atoms with van der Waals surface area (Å²) in [4.78, 5) is 2.43. The van der Waals surface area contributed by atoms with Crippen molar-refractivity contribution in [1.82, 2.24) is 9.62 Å². The van der Waals surface area contributed by atoms with Crippen LogP contribution in [0.25, 0.3) is 0 Å². The van der Waals surface area contributed by atoms with E-state index in [1.54, 1.807) is 0 Å². The van der Waals surface area contributed by atoms with E-state index in [2.05, 4.69) is 21.7 Å². The average molecular weight is 340 g/mol. The molecule has 1 heterocycles. The lowest BCUT2D eigenvalue weighted by Crippen LogP contribution is -2.63. The number of ether oxygens (including phenoxy) is 3. The first-order valence-corrected chi connectivity index (χ1v) is 9.48. The zero-order valence-electron chi connectivity index (χ0n) is 13.5. The van der Waals surface area contributed by atoms with Gasteiger partial charge in [0.05, 0.1) is 39.1 Å². The van der Waals surface area contributed by atoms with Gasteiger partial charge in [-0.2, -0.15) is 13.1 Å². The van der Waals surface area contributed by atoms with E-state index in [1.165, 1.54) is 0 Å². The van der Waals surface area contributed by atoms with Crippen LogP contribution in [0.2, 0.25) is 0 Å². The summed E-state index contributed by atoms with van der Waals surface area (Å²) in [6.07, 6.45) is 2.55. The zero-order chi connectivity index (χ0) is 16.3. The SMILES string of the molecule is CCN1CCC(OCCOCCOCCNS([NH3+])(=O)=O)CC1. The van der Waals surface area contributed by atoms with Crippen LogP contribution in [0.4, 0.5) is 0 Å². The summed E-state index contributed by atoms with van der Waals surface area (Å²) >= 11 is 0. The van der Waals surface area contributed by atoms with Crippen LogP contribution < -0.4 is 9.86 Å². The predicted octanol–water partition coefficient (Wildman–Crippen LogP) is -1.40. The molecule has 0 aromatic carbocycles. The number of hydrogen-bond acceptors (Lipinski definition) is 6. The largest absolute Gasteiger partial charge is 0.378 e. The molecule has 4 N–H and O–H groups in total. The Hall–Kier alpha value is -0.290. The molecule has 0 spiro atoms. The fraction of sp³-hybridized carbons (Fsp3) is 1.00. The van der Waals surface area contributed by atoms with Gasteiger partial charge in [0.2, 0.25) is 0 Å². The Labute approximate surface area is 133 Å². The summed E-state index contributed by atoms with van der Waals surface area (Å²) in [5, 5.41) is 2.95. The monoisotopic (exact) mass is 340 g/mol. The standard InChI is InChI=1S/C13H29N3O5S/c1-2-16-6-3-13(4-7-16)21-12-11-20-10-9-19-8-5-15-22(14,17)18/h13,15H,2-12H2,1H3,(H2,14,17,18)/p+1. The number of nitrogens with zero attached hydrogens (tertiary/aromatic N) is 1. The molecule has 0 atom stereocenters. The Kier molecular flexibility index (Phi) is 10.1. The minimum absolute atomic E-state index is 0.228. The van der Waals surface area contributed by atoms with Crippen LogP contribution in [0.5, 0.6) is 0 Å². The Morgan fingerprint density at radius 2 is 1.68 bits per heavy atom. The molecular weight excluding hydrogens is 310 g/mol. The quantitative estimate of drug-likeness (QED) is 0.423. The highest BCUT2D eigenvalue weighted by molar-refractivity contribution is 7.82. The van der Waals surface area contributed by atoms with Gasteiger partial charge in [0.25, 0.3) is 0 Å². The number of nitrogens with one attached hydrogen (secondary N) is 1. The molecule has 0 bridgehead atoms. The Bertz CT molecular complexity index is 372. The van der Waals surface area contributed by atoms with Gasteiger partial charge in [-0.15, -0.1) is 0 Å². The van der Waals surface area contributed by atoms with E-state index < -0.39 is 10.2 Å². The number of quaternary nitrogens is 1. The molecule has 1 aliphatic heterocycles. The maximum absolute atomic E-state index is 10.7. The Balaban J connectivity index is 1.82. The van der Waals surface area contributed by atoms with E-state index in [0.29, 0.717) is 39.1 Å². The first-order chi connectivity index (χ1) is 10.5. The van der Waals surface area contributed by atoms with Crippen LogP contribution in [-0.4, -0.2) is 78.6 Å². The van der Waals surface area contributed by atoms with Gasteiger partial charge in [0.15, 0.2) is 0 Å². The predicted molar refractivity (Wildman–Crippen MR) is 82.5 cm³/mol. The van der Waals surface area contributed by atoms with Crippen molar-refractivity contribution < 1.29 is 27.8 Å². The minimum atomic E-state index is -3.38. The second kappa shape index (κ2) is 11.3. The molecular formula is C13H30N3O5S+. The molecule has 1 fully saturated rings. The van der Waals surface area contributed by atoms with Crippen LogP contribution in [-0.2, 0) is 24.4 Å². The minimum Gasteiger partial charge on any atom is -0.378 e. The molecule has 132 valence electrons. The van der Waals surface area contributed by atoms with Crippen molar-refractivity contribution >= 4 is 10.2 Å². The van der Waals surface area contributed by atoms with E-state index in [0.717, 1.165) is 32.5 Å². The molecule has 22 heavy (non-hydrogen) atoms. The Morgan fingerprint density at radius 3 is 2.27 bits per heavy atom. The van der Waals surface area contributed by atoms with Gasteiger partial charge in [-0.1, -0.05) is 6.92 Å². The summed E-state index contributed by atoms with van der Waals surface area (Å²) < 4.78 is 40.0. The molecule has 1 saturated heterocycles. The Morgan fingerprint density at radius 1 is 1.09 bits per heavy atom. The summed E-state index contributed by atoms with van der Waals surface area (Å²) in [6.45, 7) is 8.16. The molecule has 0 aromatic heterocycles. The maximum atomic E-state index is 10.7. The van der Waals surface area contributed by atoms with Gasteiger partial charge in [0, 0.05) is 19.6 Å². The first kappa shape index (κ1) is 19.8. The van der Waals surface area contributed by atoms with Gasteiger partial charge >= 0.3 is 10.2 Å². The average Bonchev–Trinajstić information content (AvgIpc) is 2.48. The molecule has 0 unspecified atom stereocenters. The van der Waals surface area contributed by atoms with E-state index in [1.807, 2.05) is 0 Å². The van der Waals surface area contributed by atoms with E-state index in [-0.39, 0.29) is 6.54 Å². The fourth-order valence-electron chi connectivity index (χ4n) is 2.26. The van der Waals surface area contributed by atoms with E-state index in [4.69, 9.17) is 14.2 Å². The second-order valence-corrected chi connectivity index (χ2v) is 6.76. The van der Waals surface area contributed by atoms with Crippen LogP contribution in [0.15, 0.2) is 0 Å². The van der Waals surface area contributed by atoms with Crippen LogP contribution >= 0.6 is 0 Å². The summed E-state index contributed by atoms with van der Waals surface area (Å²) in [6, 6.07) is 0. The molecule has 1 aliphatic rings. The first-order valence-electron chi connectivity index (χ1n) is 7.83. The van der Waals surface area contributed by atoms with Gasteiger partial charge in [-0.25, -0.2) is 5.14 Å². The third kappa shape index (κ3) is 10.4. The van der Waals surface area contributed by atoms with E-state index >= 15 is 0 Å². The van der Waals surface area contributed by atoms with Crippen molar-refractivity contribution in [2.75, 3.05) is 59.2 Å². The molecule has 8 nitrogen and oxygen atoms in total. The lowest BCUT2D eigenvalue weighted by atomic mass is 10.1. The second-order valence-electron chi connectivity index (χ2n) is 5.24. The smallest absolute Gasteiger partial charge is 0.365 e. The van der Waals surface area contributed by atoms with Gasteiger partial charge in [-0.3, -0.25) is 0 Å². The highest BCUT2D eigenvalue weighted by atomic mass is 32.2. The number of rotatable bonds is 12. The zero-order valence-corrected chi connectivity index (χ0v) is 14.3. The number of likely N-dealkylation sites (tertiary alicyclic amines) is 1. The number of hydrogen-bond donors (Lipinski definition) is 2. The van der Waals surface area contributed by atoms with Crippen LogP contribution in [0.3, 0.4) is 0 Å². The summed E-state index contributed by atoms with van der Waals surface area (Å²) in [7, 11) is -3.38. The van der Waals surface area contributed by atoms with Gasteiger partial charge < -0.3 is 19.1 Å². The summed E-state index contributed by atoms with van der Waals surface area (Å²) in [5.74, 6) is 0. The van der Waals surface area contributed by atoms with Crippen LogP contribution in [0.1, 0.15) is 19.8 Å². The van der Waals surface area contributed by atoms with Crippen molar-refractivity contribution in [2.24, 2.45) is 0 Å². The summed E-state index contributed by atoms with van der Waals surface area (Å²) in [5.41, 5.74) is 0. The molecule has 9 heteroatoms. The molecule has 0 radical (unpaired) electrons. The van der Waals surface area contributed by atoms with E-state index in [9.17, 15) is 8.42 Å². The van der Waals surface area contributed by atoms with Crippen LogP contribution in [0, 0.1) is 0 Å². The lowest BCUT2D eigenvalue weighted by molar-refractivity contribution is -0.167. The highest BCUT2D eigenvalue weighted by Crippen LogP contribution is 2.12. The third-order valence-corrected chi connectivity index (χ3v) is 4.15. The third-order valence-electron chi connectivity index (χ3n) is 3.50. The molecule has 0 aromatic rings. The topological polar surface area (TPSA) is 105 Å².